The van der Waals surface area contributed by atoms with Crippen LogP contribution in [0, 0.1) is 11.8 Å². The lowest BCUT2D eigenvalue weighted by atomic mass is 10.1. The quantitative estimate of drug-likeness (QED) is 0.604. The van der Waals surface area contributed by atoms with E-state index in [4.69, 9.17) is 10.6 Å². The van der Waals surface area contributed by atoms with Crippen molar-refractivity contribution >= 4 is 0 Å². The van der Waals surface area contributed by atoms with Gasteiger partial charge in [0.25, 0.3) is 0 Å². The summed E-state index contributed by atoms with van der Waals surface area (Å²) in [5, 5.41) is 4.39. The second-order valence-corrected chi connectivity index (χ2v) is 5.16. The normalized spacial score (nSPS) is 25.1. The molecule has 5 nitrogen and oxygen atoms in total. The highest BCUT2D eigenvalue weighted by Gasteiger charge is 2.42. The predicted molar refractivity (Wildman–Crippen MR) is 66.5 cm³/mol. The van der Waals surface area contributed by atoms with Crippen LogP contribution in [-0.2, 0) is 0 Å². The molecule has 1 fully saturated rings. The molecule has 3 unspecified atom stereocenters. The molecule has 3 N–H and O–H groups in total. The topological polar surface area (TPSA) is 65.1 Å². The number of ether oxygens (including phenoxy) is 1. The zero-order valence-electron chi connectivity index (χ0n) is 11.0. The van der Waals surface area contributed by atoms with Crippen molar-refractivity contribution < 1.29 is 4.74 Å². The van der Waals surface area contributed by atoms with Gasteiger partial charge in [-0.25, -0.2) is 0 Å². The first kappa shape index (κ1) is 12.4. The van der Waals surface area contributed by atoms with Crippen LogP contribution in [0.3, 0.4) is 0 Å². The maximum Gasteiger partial charge on any atom is 0.161 e. The van der Waals surface area contributed by atoms with E-state index in [1.807, 2.05) is 4.68 Å². The molecule has 96 valence electrons. The minimum atomic E-state index is 0.129. The molecule has 0 bridgehead atoms. The molecule has 0 amide bonds. The van der Waals surface area contributed by atoms with Crippen molar-refractivity contribution in [3.05, 3.63) is 11.9 Å². The molecule has 1 heterocycles. The van der Waals surface area contributed by atoms with Crippen molar-refractivity contribution in [1.82, 2.24) is 15.2 Å². The lowest BCUT2D eigenvalue weighted by Gasteiger charge is -2.20. The molecule has 3 atom stereocenters. The van der Waals surface area contributed by atoms with Crippen LogP contribution < -0.4 is 16.0 Å². The summed E-state index contributed by atoms with van der Waals surface area (Å²) in [6.45, 7) is 6.47. The SMILES string of the molecule is COc1cnn(C(C)C)c1C(NN)C1CC1C. The Morgan fingerprint density at radius 2 is 2.24 bits per heavy atom. The Balaban J connectivity index is 2.36. The molecular weight excluding hydrogens is 216 g/mol. The summed E-state index contributed by atoms with van der Waals surface area (Å²) in [5.74, 6) is 7.84. The maximum absolute atomic E-state index is 5.71. The van der Waals surface area contributed by atoms with Gasteiger partial charge in [0.05, 0.1) is 25.0 Å². The monoisotopic (exact) mass is 238 g/mol. The summed E-state index contributed by atoms with van der Waals surface area (Å²) in [7, 11) is 1.68. The van der Waals surface area contributed by atoms with E-state index in [1.54, 1.807) is 13.3 Å². The van der Waals surface area contributed by atoms with Crippen molar-refractivity contribution in [2.75, 3.05) is 7.11 Å². The third kappa shape index (κ3) is 2.17. The predicted octanol–water partition coefficient (Wildman–Crippen LogP) is 1.63. The number of hydrogen-bond acceptors (Lipinski definition) is 4. The van der Waals surface area contributed by atoms with Gasteiger partial charge in [0.15, 0.2) is 5.75 Å². The molecule has 5 heteroatoms. The molecule has 2 rings (SSSR count). The molecule has 1 aromatic rings. The Morgan fingerprint density at radius 3 is 2.65 bits per heavy atom. The molecule has 17 heavy (non-hydrogen) atoms. The highest BCUT2D eigenvalue weighted by molar-refractivity contribution is 5.30. The van der Waals surface area contributed by atoms with Gasteiger partial charge < -0.3 is 4.74 Å². The van der Waals surface area contributed by atoms with E-state index in [1.165, 1.54) is 6.42 Å². The second kappa shape index (κ2) is 4.66. The van der Waals surface area contributed by atoms with Gasteiger partial charge in [-0.2, -0.15) is 5.10 Å². The number of aromatic nitrogens is 2. The largest absolute Gasteiger partial charge is 0.493 e. The maximum atomic E-state index is 5.71. The van der Waals surface area contributed by atoms with Crippen LogP contribution in [0.25, 0.3) is 0 Å². The molecule has 1 aliphatic carbocycles. The van der Waals surface area contributed by atoms with E-state index in [0.29, 0.717) is 12.0 Å². The Morgan fingerprint density at radius 1 is 1.59 bits per heavy atom. The summed E-state index contributed by atoms with van der Waals surface area (Å²) in [6.07, 6.45) is 2.98. The van der Waals surface area contributed by atoms with Crippen LogP contribution in [-0.4, -0.2) is 16.9 Å². The average Bonchev–Trinajstić information content (AvgIpc) is 2.86. The summed E-state index contributed by atoms with van der Waals surface area (Å²) in [5.41, 5.74) is 3.99. The van der Waals surface area contributed by atoms with Gasteiger partial charge in [-0.3, -0.25) is 16.0 Å². The number of hydrogen-bond donors (Lipinski definition) is 2. The zero-order chi connectivity index (χ0) is 12.6. The smallest absolute Gasteiger partial charge is 0.161 e. The number of hydrazine groups is 1. The molecule has 1 saturated carbocycles. The van der Waals surface area contributed by atoms with Gasteiger partial charge in [-0.05, 0) is 32.1 Å². The molecular formula is C12H22N4O. The van der Waals surface area contributed by atoms with Crippen molar-refractivity contribution in [1.29, 1.82) is 0 Å². The minimum absolute atomic E-state index is 0.129. The van der Waals surface area contributed by atoms with Gasteiger partial charge in [-0.1, -0.05) is 6.92 Å². The first-order valence-corrected chi connectivity index (χ1v) is 6.17. The van der Waals surface area contributed by atoms with E-state index in [2.05, 4.69) is 31.3 Å². The van der Waals surface area contributed by atoms with Crippen molar-refractivity contribution in [2.45, 2.75) is 39.3 Å². The van der Waals surface area contributed by atoms with Crippen LogP contribution in [0.1, 0.15) is 45.0 Å². The second-order valence-electron chi connectivity index (χ2n) is 5.16. The minimum Gasteiger partial charge on any atom is -0.493 e. The van der Waals surface area contributed by atoms with E-state index < -0.39 is 0 Å². The Kier molecular flexibility index (Phi) is 3.40. The first-order chi connectivity index (χ1) is 8.10. The van der Waals surface area contributed by atoms with Crippen LogP contribution in [0.2, 0.25) is 0 Å². The van der Waals surface area contributed by atoms with Gasteiger partial charge in [0.2, 0.25) is 0 Å². The molecule has 1 aromatic heterocycles. The molecule has 0 aromatic carbocycles. The summed E-state index contributed by atoms with van der Waals surface area (Å²) in [6, 6.07) is 0.434. The number of rotatable bonds is 5. The fraction of sp³-hybridized carbons (Fsp3) is 0.750. The first-order valence-electron chi connectivity index (χ1n) is 6.17. The van der Waals surface area contributed by atoms with Gasteiger partial charge in [0, 0.05) is 6.04 Å². The Labute approximate surface area is 102 Å². The molecule has 0 saturated heterocycles. The summed E-state index contributed by atoms with van der Waals surface area (Å²) >= 11 is 0. The molecule has 0 radical (unpaired) electrons. The van der Waals surface area contributed by atoms with Crippen molar-refractivity contribution in [2.24, 2.45) is 17.7 Å². The van der Waals surface area contributed by atoms with Gasteiger partial charge in [0.1, 0.15) is 0 Å². The van der Waals surface area contributed by atoms with Crippen LogP contribution in [0.15, 0.2) is 6.20 Å². The van der Waals surface area contributed by atoms with Crippen LogP contribution in [0.5, 0.6) is 5.75 Å². The lowest BCUT2D eigenvalue weighted by molar-refractivity contribution is 0.367. The number of nitrogens with one attached hydrogen (secondary N) is 1. The zero-order valence-corrected chi connectivity index (χ0v) is 11.0. The molecule has 0 aliphatic heterocycles. The van der Waals surface area contributed by atoms with E-state index >= 15 is 0 Å². The van der Waals surface area contributed by atoms with Gasteiger partial charge in [-0.15, -0.1) is 0 Å². The van der Waals surface area contributed by atoms with Crippen molar-refractivity contribution in [3.63, 3.8) is 0 Å². The van der Waals surface area contributed by atoms with E-state index in [-0.39, 0.29) is 6.04 Å². The molecule has 1 aliphatic rings. The highest BCUT2D eigenvalue weighted by atomic mass is 16.5. The fourth-order valence-corrected chi connectivity index (χ4v) is 2.44. The number of methoxy groups -OCH3 is 1. The fourth-order valence-electron chi connectivity index (χ4n) is 2.44. The number of nitrogens with zero attached hydrogens (tertiary/aromatic N) is 2. The van der Waals surface area contributed by atoms with E-state index in [9.17, 15) is 0 Å². The highest BCUT2D eigenvalue weighted by Crippen LogP contribution is 2.48. The van der Waals surface area contributed by atoms with Crippen LogP contribution in [0.4, 0.5) is 0 Å². The van der Waals surface area contributed by atoms with Gasteiger partial charge >= 0.3 is 0 Å². The summed E-state index contributed by atoms with van der Waals surface area (Å²) < 4.78 is 7.39. The standard InChI is InChI=1S/C12H22N4O/c1-7(2)16-12(10(17-4)6-14-16)11(15-13)9-5-8(9)3/h6-9,11,15H,5,13H2,1-4H3. The number of nitrogens with two attached hydrogens (primary N) is 1. The third-order valence-electron chi connectivity index (χ3n) is 3.58. The average molecular weight is 238 g/mol. The van der Waals surface area contributed by atoms with Crippen LogP contribution >= 0.6 is 0 Å². The third-order valence-corrected chi connectivity index (χ3v) is 3.58. The Bertz CT molecular complexity index is 388. The molecule has 0 spiro atoms. The van der Waals surface area contributed by atoms with E-state index in [0.717, 1.165) is 17.4 Å². The lowest BCUT2D eigenvalue weighted by Crippen LogP contribution is -2.32. The van der Waals surface area contributed by atoms with Crippen molar-refractivity contribution in [3.8, 4) is 5.75 Å². The summed E-state index contributed by atoms with van der Waals surface area (Å²) in [4.78, 5) is 0. The Hall–Kier alpha value is -1.07.